The fraction of sp³-hybridized carbons (Fsp3) is 1.00. The van der Waals surface area contributed by atoms with Crippen LogP contribution in [-0.4, -0.2) is 68.3 Å². The average molecular weight is 248 g/mol. The Balaban J connectivity index is 2.08. The van der Waals surface area contributed by atoms with Gasteiger partial charge in [0.2, 0.25) is 0 Å². The first-order valence-corrected chi connectivity index (χ1v) is 7.67. The van der Waals surface area contributed by atoms with Crippen molar-refractivity contribution in [2.75, 3.05) is 44.3 Å². The van der Waals surface area contributed by atoms with Crippen LogP contribution in [0.5, 0.6) is 0 Å². The second-order valence-electron chi connectivity index (χ2n) is 4.77. The number of aliphatic hydroxyl groups excluding tert-OH is 1. The van der Waals surface area contributed by atoms with E-state index in [4.69, 9.17) is 0 Å². The van der Waals surface area contributed by atoms with E-state index in [1.165, 1.54) is 0 Å². The molecule has 2 aliphatic rings. The minimum atomic E-state index is -2.86. The molecule has 2 aliphatic heterocycles. The van der Waals surface area contributed by atoms with Gasteiger partial charge in [-0.1, -0.05) is 0 Å². The van der Waals surface area contributed by atoms with Crippen LogP contribution in [0.4, 0.5) is 0 Å². The van der Waals surface area contributed by atoms with Crippen LogP contribution in [0.3, 0.4) is 0 Å². The second kappa shape index (κ2) is 4.60. The molecule has 0 bridgehead atoms. The topological polar surface area (TPSA) is 69.6 Å². The largest absolute Gasteiger partial charge is 0.394 e. The molecule has 0 amide bonds. The Kier molecular flexibility index (Phi) is 3.53. The lowest BCUT2D eigenvalue weighted by Gasteiger charge is -2.46. The third kappa shape index (κ3) is 2.40. The minimum absolute atomic E-state index is 0.0719. The smallest absolute Gasteiger partial charge is 0.150 e. The van der Waals surface area contributed by atoms with E-state index >= 15 is 0 Å². The van der Waals surface area contributed by atoms with Crippen molar-refractivity contribution in [1.29, 1.82) is 0 Å². The molecule has 5 nitrogen and oxygen atoms in total. The van der Waals surface area contributed by atoms with Crippen LogP contribution in [-0.2, 0) is 9.84 Å². The van der Waals surface area contributed by atoms with E-state index in [1.54, 1.807) is 0 Å². The molecule has 16 heavy (non-hydrogen) atoms. The van der Waals surface area contributed by atoms with Crippen molar-refractivity contribution in [2.45, 2.75) is 18.4 Å². The van der Waals surface area contributed by atoms with Gasteiger partial charge >= 0.3 is 0 Å². The molecule has 0 aromatic heterocycles. The van der Waals surface area contributed by atoms with Crippen LogP contribution in [0.2, 0.25) is 0 Å². The summed E-state index contributed by atoms with van der Waals surface area (Å²) in [6.45, 7) is 3.73. The normalized spacial score (nSPS) is 30.1. The average Bonchev–Trinajstić information content (AvgIpc) is 2.31. The number of nitrogens with one attached hydrogen (secondary N) is 1. The van der Waals surface area contributed by atoms with Gasteiger partial charge in [0.25, 0.3) is 0 Å². The van der Waals surface area contributed by atoms with E-state index in [0.717, 1.165) is 26.2 Å². The first-order chi connectivity index (χ1) is 7.58. The highest BCUT2D eigenvalue weighted by molar-refractivity contribution is 7.91. The summed E-state index contributed by atoms with van der Waals surface area (Å²) in [4.78, 5) is 2.26. The highest BCUT2D eigenvalue weighted by atomic mass is 32.2. The van der Waals surface area contributed by atoms with Gasteiger partial charge in [-0.15, -0.1) is 0 Å². The highest BCUT2D eigenvalue weighted by Crippen LogP contribution is 2.29. The molecule has 2 N–H and O–H groups in total. The van der Waals surface area contributed by atoms with Crippen molar-refractivity contribution < 1.29 is 13.5 Å². The number of aliphatic hydroxyl groups is 1. The van der Waals surface area contributed by atoms with Gasteiger partial charge in [-0.05, 0) is 12.8 Å². The van der Waals surface area contributed by atoms with Crippen molar-refractivity contribution >= 4 is 9.84 Å². The zero-order chi connectivity index (χ0) is 11.6. The molecular weight excluding hydrogens is 228 g/mol. The maximum Gasteiger partial charge on any atom is 0.150 e. The van der Waals surface area contributed by atoms with E-state index in [9.17, 15) is 13.5 Å². The number of piperazine rings is 1. The Morgan fingerprint density at radius 3 is 2.25 bits per heavy atom. The Bertz CT molecular complexity index is 322. The van der Waals surface area contributed by atoms with Crippen LogP contribution in [0, 0.1) is 0 Å². The first-order valence-electron chi connectivity index (χ1n) is 5.85. The molecular formula is C10H20N2O3S. The van der Waals surface area contributed by atoms with E-state index in [2.05, 4.69) is 10.2 Å². The molecule has 2 fully saturated rings. The predicted molar refractivity (Wildman–Crippen MR) is 62.1 cm³/mol. The lowest BCUT2D eigenvalue weighted by molar-refractivity contribution is 0.0129. The molecule has 94 valence electrons. The van der Waals surface area contributed by atoms with E-state index in [-0.39, 0.29) is 23.7 Å². The van der Waals surface area contributed by atoms with E-state index in [1.807, 2.05) is 0 Å². The van der Waals surface area contributed by atoms with Crippen molar-refractivity contribution in [2.24, 2.45) is 0 Å². The first kappa shape index (κ1) is 12.3. The predicted octanol–water partition coefficient (Wildman–Crippen LogP) is -1.17. The summed E-state index contributed by atoms with van der Waals surface area (Å²) in [5, 5.41) is 12.9. The number of rotatable bonds is 2. The van der Waals surface area contributed by atoms with Crippen LogP contribution < -0.4 is 5.32 Å². The number of hydrogen-bond acceptors (Lipinski definition) is 5. The monoisotopic (exact) mass is 248 g/mol. The van der Waals surface area contributed by atoms with Crippen LogP contribution in [0.15, 0.2) is 0 Å². The number of hydrogen-bond donors (Lipinski definition) is 2. The van der Waals surface area contributed by atoms with Crippen LogP contribution >= 0.6 is 0 Å². The fourth-order valence-electron chi connectivity index (χ4n) is 2.63. The van der Waals surface area contributed by atoms with Crippen molar-refractivity contribution in [1.82, 2.24) is 10.2 Å². The minimum Gasteiger partial charge on any atom is -0.394 e. The molecule has 0 saturated carbocycles. The summed E-state index contributed by atoms with van der Waals surface area (Å²) in [5.74, 6) is 0.439. The summed E-state index contributed by atoms with van der Waals surface area (Å²) in [7, 11) is -2.86. The van der Waals surface area contributed by atoms with Gasteiger partial charge in [0.05, 0.1) is 18.1 Å². The zero-order valence-electron chi connectivity index (χ0n) is 9.48. The molecule has 0 aromatic carbocycles. The summed E-state index contributed by atoms with van der Waals surface area (Å²) < 4.78 is 22.8. The SMILES string of the molecule is O=S1(=O)CCC(CO)(N2CCNCC2)CC1. The summed E-state index contributed by atoms with van der Waals surface area (Å²) in [6, 6.07) is 0. The molecule has 2 rings (SSSR count). The molecule has 0 radical (unpaired) electrons. The van der Waals surface area contributed by atoms with Gasteiger partial charge in [0, 0.05) is 31.7 Å². The third-order valence-electron chi connectivity index (χ3n) is 3.84. The molecule has 0 aliphatic carbocycles. The second-order valence-corrected chi connectivity index (χ2v) is 7.07. The fourth-order valence-corrected chi connectivity index (χ4v) is 4.22. The van der Waals surface area contributed by atoms with E-state index < -0.39 is 9.84 Å². The molecule has 2 saturated heterocycles. The number of sulfone groups is 1. The van der Waals surface area contributed by atoms with Gasteiger partial charge in [-0.3, -0.25) is 4.90 Å². The standard InChI is InChI=1S/C10H20N2O3S/c13-9-10(12-5-3-11-4-6-12)1-7-16(14,15)8-2-10/h11,13H,1-9H2. The van der Waals surface area contributed by atoms with Gasteiger partial charge in [0.15, 0.2) is 0 Å². The molecule has 2 heterocycles. The van der Waals surface area contributed by atoms with Gasteiger partial charge in [-0.2, -0.15) is 0 Å². The van der Waals surface area contributed by atoms with Gasteiger partial charge in [-0.25, -0.2) is 8.42 Å². The lowest BCUT2D eigenvalue weighted by atomic mass is 9.90. The molecule has 6 heteroatoms. The van der Waals surface area contributed by atoms with Crippen LogP contribution in [0.1, 0.15) is 12.8 Å². The lowest BCUT2D eigenvalue weighted by Crippen LogP contribution is -2.60. The van der Waals surface area contributed by atoms with E-state index in [0.29, 0.717) is 12.8 Å². The maximum absolute atomic E-state index is 11.4. The third-order valence-corrected chi connectivity index (χ3v) is 5.49. The van der Waals surface area contributed by atoms with Crippen molar-refractivity contribution in [3.05, 3.63) is 0 Å². The molecule has 0 atom stereocenters. The maximum atomic E-state index is 11.4. The van der Waals surface area contributed by atoms with Gasteiger partial charge in [0.1, 0.15) is 9.84 Å². The van der Waals surface area contributed by atoms with Crippen LogP contribution in [0.25, 0.3) is 0 Å². The zero-order valence-corrected chi connectivity index (χ0v) is 10.3. The Hall–Kier alpha value is -0.170. The summed E-state index contributed by atoms with van der Waals surface area (Å²) in [5.41, 5.74) is -0.284. The molecule has 0 spiro atoms. The molecule has 0 unspecified atom stereocenters. The Morgan fingerprint density at radius 2 is 1.75 bits per heavy atom. The van der Waals surface area contributed by atoms with Crippen molar-refractivity contribution in [3.8, 4) is 0 Å². The summed E-state index contributed by atoms with van der Waals surface area (Å²) >= 11 is 0. The number of nitrogens with zero attached hydrogens (tertiary/aromatic N) is 1. The summed E-state index contributed by atoms with van der Waals surface area (Å²) in [6.07, 6.45) is 1.15. The molecule has 0 aromatic rings. The van der Waals surface area contributed by atoms with Crippen molar-refractivity contribution in [3.63, 3.8) is 0 Å². The quantitative estimate of drug-likeness (QED) is 0.644. The Labute approximate surface area is 96.7 Å². The Morgan fingerprint density at radius 1 is 1.19 bits per heavy atom. The highest BCUT2D eigenvalue weighted by Gasteiger charge is 2.41. The van der Waals surface area contributed by atoms with Gasteiger partial charge < -0.3 is 10.4 Å².